The van der Waals surface area contributed by atoms with Gasteiger partial charge in [-0.3, -0.25) is 9.59 Å². The lowest BCUT2D eigenvalue weighted by Gasteiger charge is -2.09. The highest BCUT2D eigenvalue weighted by Crippen LogP contribution is 2.19. The number of pyridine rings is 1. The largest absolute Gasteiger partial charge is 0.452 e. The quantitative estimate of drug-likeness (QED) is 0.687. The van der Waals surface area contributed by atoms with E-state index in [2.05, 4.69) is 10.3 Å². The van der Waals surface area contributed by atoms with Crippen LogP contribution < -0.4 is 10.9 Å². The van der Waals surface area contributed by atoms with E-state index in [4.69, 9.17) is 16.3 Å². The van der Waals surface area contributed by atoms with E-state index in [0.29, 0.717) is 10.9 Å². The molecule has 0 atom stereocenters. The maximum absolute atomic E-state index is 13.6. The van der Waals surface area contributed by atoms with Gasteiger partial charge in [-0.25, -0.2) is 9.18 Å². The lowest BCUT2D eigenvalue weighted by molar-refractivity contribution is -0.119. The van der Waals surface area contributed by atoms with E-state index in [-0.39, 0.29) is 16.3 Å². The first-order chi connectivity index (χ1) is 12.4. The summed E-state index contributed by atoms with van der Waals surface area (Å²) >= 11 is 5.74. The number of hydrogen-bond acceptors (Lipinski definition) is 4. The van der Waals surface area contributed by atoms with Gasteiger partial charge in [-0.1, -0.05) is 29.8 Å². The number of carbonyl (C=O) groups is 2. The Morgan fingerprint density at radius 2 is 1.92 bits per heavy atom. The van der Waals surface area contributed by atoms with E-state index in [1.165, 1.54) is 12.1 Å². The molecule has 2 aromatic carbocycles. The molecule has 0 bridgehead atoms. The number of para-hydroxylation sites is 1. The van der Waals surface area contributed by atoms with Gasteiger partial charge >= 0.3 is 5.97 Å². The van der Waals surface area contributed by atoms with Crippen LogP contribution in [0, 0.1) is 5.82 Å². The number of benzene rings is 2. The third kappa shape index (κ3) is 3.89. The van der Waals surface area contributed by atoms with Gasteiger partial charge in [0.25, 0.3) is 5.91 Å². The lowest BCUT2D eigenvalue weighted by Crippen LogP contribution is -2.22. The van der Waals surface area contributed by atoms with Crippen LogP contribution in [0.2, 0.25) is 5.02 Å². The second-order valence-electron chi connectivity index (χ2n) is 5.34. The van der Waals surface area contributed by atoms with E-state index in [0.717, 1.165) is 12.1 Å². The summed E-state index contributed by atoms with van der Waals surface area (Å²) < 4.78 is 18.5. The van der Waals surface area contributed by atoms with Gasteiger partial charge in [0.1, 0.15) is 5.82 Å². The Kier molecular flexibility index (Phi) is 4.99. The van der Waals surface area contributed by atoms with Crippen LogP contribution in [-0.2, 0) is 9.53 Å². The summed E-state index contributed by atoms with van der Waals surface area (Å²) in [4.78, 5) is 38.4. The monoisotopic (exact) mass is 374 g/mol. The fourth-order valence-electron chi connectivity index (χ4n) is 2.36. The standard InChI is InChI=1S/C18H12ClFN2O4/c19-10-5-6-13(20)15(7-10)22-17(24)9-26-18(25)12-8-16(23)21-14-4-2-1-3-11(12)14/h1-8H,9H2,(H,21,23)(H,22,24). The molecule has 1 amide bonds. The number of ether oxygens (including phenoxy) is 1. The zero-order valence-corrected chi connectivity index (χ0v) is 14.0. The second-order valence-corrected chi connectivity index (χ2v) is 5.78. The summed E-state index contributed by atoms with van der Waals surface area (Å²) in [5, 5.41) is 2.99. The van der Waals surface area contributed by atoms with Crippen molar-refractivity contribution in [3.8, 4) is 0 Å². The van der Waals surface area contributed by atoms with E-state index in [1.807, 2.05) is 0 Å². The van der Waals surface area contributed by atoms with Gasteiger partial charge in [0, 0.05) is 22.0 Å². The van der Waals surface area contributed by atoms with Crippen molar-refractivity contribution < 1.29 is 18.7 Å². The number of amides is 1. The number of hydrogen-bond donors (Lipinski definition) is 2. The smallest absolute Gasteiger partial charge is 0.339 e. The van der Waals surface area contributed by atoms with Crippen LogP contribution in [0.5, 0.6) is 0 Å². The second kappa shape index (κ2) is 7.37. The zero-order valence-electron chi connectivity index (χ0n) is 13.2. The molecular formula is C18H12ClFN2O4. The molecule has 0 saturated carbocycles. The molecule has 0 radical (unpaired) electrons. The molecule has 132 valence electrons. The molecule has 3 rings (SSSR count). The maximum atomic E-state index is 13.6. The Labute approximate surface area is 151 Å². The number of fused-ring (bicyclic) bond motifs is 1. The predicted molar refractivity (Wildman–Crippen MR) is 94.9 cm³/mol. The van der Waals surface area contributed by atoms with E-state index in [1.54, 1.807) is 24.3 Å². The summed E-state index contributed by atoms with van der Waals surface area (Å²) in [7, 11) is 0. The number of aromatic nitrogens is 1. The third-order valence-electron chi connectivity index (χ3n) is 3.51. The first kappa shape index (κ1) is 17.6. The van der Waals surface area contributed by atoms with Crippen LogP contribution in [0.1, 0.15) is 10.4 Å². The van der Waals surface area contributed by atoms with Crippen molar-refractivity contribution in [2.45, 2.75) is 0 Å². The summed E-state index contributed by atoms with van der Waals surface area (Å²) in [5.41, 5.74) is -0.0928. The summed E-state index contributed by atoms with van der Waals surface area (Å²) in [5.74, 6) is -2.25. The maximum Gasteiger partial charge on any atom is 0.339 e. The third-order valence-corrected chi connectivity index (χ3v) is 3.74. The highest BCUT2D eigenvalue weighted by Gasteiger charge is 2.15. The molecule has 0 unspecified atom stereocenters. The molecule has 0 aliphatic carbocycles. The fourth-order valence-corrected chi connectivity index (χ4v) is 2.53. The van der Waals surface area contributed by atoms with Crippen molar-refractivity contribution in [2.24, 2.45) is 0 Å². The average Bonchev–Trinajstić information content (AvgIpc) is 2.62. The van der Waals surface area contributed by atoms with Gasteiger partial charge in [0.2, 0.25) is 5.56 Å². The van der Waals surface area contributed by atoms with Crippen LogP contribution in [0.25, 0.3) is 10.9 Å². The molecule has 1 aromatic heterocycles. The van der Waals surface area contributed by atoms with E-state index >= 15 is 0 Å². The van der Waals surface area contributed by atoms with Gasteiger partial charge in [0.15, 0.2) is 6.61 Å². The molecule has 1 heterocycles. The number of halogens is 2. The van der Waals surface area contributed by atoms with Gasteiger partial charge in [0.05, 0.1) is 11.3 Å². The van der Waals surface area contributed by atoms with Gasteiger partial charge in [-0.2, -0.15) is 0 Å². The van der Waals surface area contributed by atoms with Crippen molar-refractivity contribution in [2.75, 3.05) is 11.9 Å². The Hall–Kier alpha value is -3.19. The Bertz CT molecular complexity index is 1060. The molecule has 8 heteroatoms. The SMILES string of the molecule is O=C(COC(=O)c1cc(=O)[nH]c2ccccc12)Nc1cc(Cl)ccc1F. The summed E-state index contributed by atoms with van der Waals surface area (Å²) in [6, 6.07) is 11.5. The normalized spacial score (nSPS) is 10.5. The number of carbonyl (C=O) groups excluding carboxylic acids is 2. The molecule has 0 fully saturated rings. The van der Waals surface area contributed by atoms with Crippen molar-refractivity contribution in [3.63, 3.8) is 0 Å². The highest BCUT2D eigenvalue weighted by atomic mass is 35.5. The lowest BCUT2D eigenvalue weighted by atomic mass is 10.1. The molecule has 3 aromatic rings. The fraction of sp³-hybridized carbons (Fsp3) is 0.0556. The van der Waals surface area contributed by atoms with E-state index in [9.17, 15) is 18.8 Å². The number of rotatable bonds is 4. The molecule has 0 spiro atoms. The number of esters is 1. The minimum Gasteiger partial charge on any atom is -0.452 e. The molecule has 0 aliphatic heterocycles. The van der Waals surface area contributed by atoms with Crippen LogP contribution in [0.3, 0.4) is 0 Å². The minimum atomic E-state index is -0.839. The van der Waals surface area contributed by atoms with Crippen molar-refractivity contribution in [1.29, 1.82) is 0 Å². The molecule has 26 heavy (non-hydrogen) atoms. The predicted octanol–water partition coefficient (Wildman–Crippen LogP) is 3.12. The van der Waals surface area contributed by atoms with Crippen LogP contribution in [0.4, 0.5) is 10.1 Å². The first-order valence-corrected chi connectivity index (χ1v) is 7.86. The van der Waals surface area contributed by atoms with Crippen molar-refractivity contribution in [3.05, 3.63) is 75.3 Å². The molecule has 6 nitrogen and oxygen atoms in total. The average molecular weight is 375 g/mol. The summed E-state index contributed by atoms with van der Waals surface area (Å²) in [6.07, 6.45) is 0. The van der Waals surface area contributed by atoms with Gasteiger partial charge < -0.3 is 15.0 Å². The topological polar surface area (TPSA) is 88.3 Å². The number of anilines is 1. The highest BCUT2D eigenvalue weighted by molar-refractivity contribution is 6.30. The molecule has 0 aliphatic rings. The van der Waals surface area contributed by atoms with Crippen LogP contribution in [-0.4, -0.2) is 23.5 Å². The Morgan fingerprint density at radius 3 is 2.73 bits per heavy atom. The van der Waals surface area contributed by atoms with Crippen LogP contribution in [0.15, 0.2) is 53.3 Å². The first-order valence-electron chi connectivity index (χ1n) is 7.48. The van der Waals surface area contributed by atoms with Gasteiger partial charge in [-0.15, -0.1) is 0 Å². The van der Waals surface area contributed by atoms with Gasteiger partial charge in [-0.05, 0) is 24.3 Å². The number of H-pyrrole nitrogens is 1. The molecule has 2 N–H and O–H groups in total. The van der Waals surface area contributed by atoms with Crippen molar-refractivity contribution >= 4 is 40.1 Å². The zero-order chi connectivity index (χ0) is 18.7. The number of nitrogens with one attached hydrogen (secondary N) is 2. The van der Waals surface area contributed by atoms with E-state index < -0.39 is 29.9 Å². The molecule has 0 saturated heterocycles. The number of aromatic amines is 1. The minimum absolute atomic E-state index is 0.0334. The summed E-state index contributed by atoms with van der Waals surface area (Å²) in [6.45, 7) is -0.647. The Balaban J connectivity index is 1.72. The van der Waals surface area contributed by atoms with Crippen LogP contribution >= 0.6 is 11.6 Å². The Morgan fingerprint density at radius 1 is 1.15 bits per heavy atom. The molecular weight excluding hydrogens is 363 g/mol. The van der Waals surface area contributed by atoms with Crippen molar-refractivity contribution in [1.82, 2.24) is 4.98 Å².